The van der Waals surface area contributed by atoms with Crippen molar-refractivity contribution in [1.29, 1.82) is 0 Å². The zero-order valence-corrected chi connectivity index (χ0v) is 13.4. The first-order valence-electron chi connectivity index (χ1n) is 7.80. The van der Waals surface area contributed by atoms with Gasteiger partial charge in [0.1, 0.15) is 0 Å². The van der Waals surface area contributed by atoms with Crippen molar-refractivity contribution in [1.82, 2.24) is 0 Å². The molecule has 0 radical (unpaired) electrons. The van der Waals surface area contributed by atoms with Gasteiger partial charge in [0.25, 0.3) is 0 Å². The van der Waals surface area contributed by atoms with Crippen LogP contribution in [0.2, 0.25) is 0 Å². The zero-order chi connectivity index (χ0) is 14.5. The van der Waals surface area contributed by atoms with E-state index in [0.29, 0.717) is 0 Å². The molecule has 20 heavy (non-hydrogen) atoms. The molecular formula is C19H26O. The van der Waals surface area contributed by atoms with Gasteiger partial charge in [0, 0.05) is 6.61 Å². The van der Waals surface area contributed by atoms with E-state index in [1.807, 2.05) is 0 Å². The first kappa shape index (κ1) is 13.9. The fraction of sp³-hybridized carbons (Fsp3) is 0.579. The Morgan fingerprint density at radius 2 is 1.85 bits per heavy atom. The summed E-state index contributed by atoms with van der Waals surface area (Å²) in [6, 6.07) is 8.87. The molecule has 0 spiro atoms. The van der Waals surface area contributed by atoms with Crippen molar-refractivity contribution in [2.24, 2.45) is 10.8 Å². The predicted molar refractivity (Wildman–Crippen MR) is 84.7 cm³/mol. The molecule has 3 rings (SSSR count). The van der Waals surface area contributed by atoms with Gasteiger partial charge in [-0.05, 0) is 47.3 Å². The molecule has 1 atom stereocenters. The fourth-order valence-corrected chi connectivity index (χ4v) is 4.49. The van der Waals surface area contributed by atoms with Gasteiger partial charge in [0.2, 0.25) is 0 Å². The summed E-state index contributed by atoms with van der Waals surface area (Å²) in [5.41, 5.74) is 6.47. The second-order valence-corrected chi connectivity index (χ2v) is 7.61. The Hall–Kier alpha value is -1.08. The summed E-state index contributed by atoms with van der Waals surface area (Å²) in [6.45, 7) is 12.4. The maximum Gasteiger partial charge on any atom is 0.0881 e. The van der Waals surface area contributed by atoms with Crippen molar-refractivity contribution in [3.8, 4) is 0 Å². The second-order valence-electron chi connectivity index (χ2n) is 7.61. The van der Waals surface area contributed by atoms with Gasteiger partial charge >= 0.3 is 0 Å². The lowest BCUT2D eigenvalue weighted by Gasteiger charge is -2.47. The lowest BCUT2D eigenvalue weighted by Crippen LogP contribution is -2.42. The monoisotopic (exact) mass is 270 g/mol. The molecule has 1 heteroatoms. The Labute approximate surface area is 123 Å². The molecule has 0 saturated carbocycles. The lowest BCUT2D eigenvalue weighted by atomic mass is 9.61. The largest absolute Gasteiger partial charge is 0.373 e. The van der Waals surface area contributed by atoms with Gasteiger partial charge in [-0.1, -0.05) is 57.5 Å². The summed E-state index contributed by atoms with van der Waals surface area (Å²) in [4.78, 5) is 0. The molecule has 0 bridgehead atoms. The number of ether oxygens (including phenoxy) is 1. The van der Waals surface area contributed by atoms with Crippen molar-refractivity contribution < 1.29 is 4.74 Å². The van der Waals surface area contributed by atoms with Crippen molar-refractivity contribution >= 4 is 5.57 Å². The second kappa shape index (κ2) is 4.46. The summed E-state index contributed by atoms with van der Waals surface area (Å²) >= 11 is 0. The van der Waals surface area contributed by atoms with E-state index in [9.17, 15) is 0 Å². The summed E-state index contributed by atoms with van der Waals surface area (Å²) in [5, 5.41) is 0. The molecule has 0 N–H and O–H groups in total. The zero-order valence-electron chi connectivity index (χ0n) is 13.4. The third kappa shape index (κ3) is 1.95. The van der Waals surface area contributed by atoms with E-state index >= 15 is 0 Å². The molecule has 108 valence electrons. The summed E-state index contributed by atoms with van der Waals surface area (Å²) in [6.07, 6.45) is 2.54. The molecule has 2 aliphatic carbocycles. The summed E-state index contributed by atoms with van der Waals surface area (Å²) in [7, 11) is 0. The van der Waals surface area contributed by atoms with Gasteiger partial charge in [-0.3, -0.25) is 0 Å². The number of allylic oxidation sites excluding steroid dienone is 1. The van der Waals surface area contributed by atoms with Crippen molar-refractivity contribution in [2.45, 2.75) is 53.6 Å². The Balaban J connectivity index is 2.18. The third-order valence-electron chi connectivity index (χ3n) is 5.02. The Bertz CT molecular complexity index is 563. The first-order chi connectivity index (χ1) is 9.37. The van der Waals surface area contributed by atoms with Crippen LogP contribution in [0.3, 0.4) is 0 Å². The van der Waals surface area contributed by atoms with Crippen molar-refractivity contribution in [2.75, 3.05) is 6.61 Å². The van der Waals surface area contributed by atoms with Crippen LogP contribution in [0.4, 0.5) is 0 Å². The topological polar surface area (TPSA) is 9.23 Å². The first-order valence-corrected chi connectivity index (χ1v) is 7.80. The van der Waals surface area contributed by atoms with E-state index in [1.165, 1.54) is 23.1 Å². The minimum absolute atomic E-state index is 0.190. The van der Waals surface area contributed by atoms with E-state index in [-0.39, 0.29) is 16.9 Å². The average molecular weight is 270 g/mol. The van der Waals surface area contributed by atoms with Crippen LogP contribution in [0.25, 0.3) is 5.57 Å². The highest BCUT2D eigenvalue weighted by Gasteiger charge is 2.48. The standard InChI is InChI=1S/C19H26O/c1-6-20-17-16-14-10-8-7-9-13(14)11-15(16)18(2,3)12-19(17,4)5/h7-10,17H,6,11-12H2,1-5H3/t17-/m1/s1. The molecule has 0 amide bonds. The van der Waals surface area contributed by atoms with E-state index in [0.717, 1.165) is 13.0 Å². The number of hydrogen-bond donors (Lipinski definition) is 0. The molecule has 0 saturated heterocycles. The quantitative estimate of drug-likeness (QED) is 0.746. The van der Waals surface area contributed by atoms with Crippen LogP contribution < -0.4 is 0 Å². The minimum atomic E-state index is 0.190. The predicted octanol–water partition coefficient (Wildman–Crippen LogP) is 4.86. The molecule has 0 aliphatic heterocycles. The van der Waals surface area contributed by atoms with Crippen LogP contribution in [-0.2, 0) is 11.2 Å². The van der Waals surface area contributed by atoms with E-state index in [1.54, 1.807) is 5.57 Å². The lowest BCUT2D eigenvalue weighted by molar-refractivity contribution is -0.00672. The number of rotatable bonds is 2. The van der Waals surface area contributed by atoms with E-state index in [2.05, 4.69) is 58.9 Å². The van der Waals surface area contributed by atoms with Crippen LogP contribution in [-0.4, -0.2) is 12.7 Å². The summed E-state index contributed by atoms with van der Waals surface area (Å²) < 4.78 is 6.20. The highest BCUT2D eigenvalue weighted by atomic mass is 16.5. The normalized spacial score (nSPS) is 26.4. The minimum Gasteiger partial charge on any atom is -0.373 e. The number of hydrogen-bond acceptors (Lipinski definition) is 1. The van der Waals surface area contributed by atoms with Crippen molar-refractivity contribution in [3.63, 3.8) is 0 Å². The molecule has 1 aromatic carbocycles. The smallest absolute Gasteiger partial charge is 0.0881 e. The van der Waals surface area contributed by atoms with Gasteiger partial charge in [-0.2, -0.15) is 0 Å². The maximum absolute atomic E-state index is 6.20. The van der Waals surface area contributed by atoms with Gasteiger partial charge < -0.3 is 4.74 Å². The highest BCUT2D eigenvalue weighted by molar-refractivity contribution is 5.81. The Morgan fingerprint density at radius 3 is 2.55 bits per heavy atom. The Kier molecular flexibility index (Phi) is 3.10. The van der Waals surface area contributed by atoms with Gasteiger partial charge in [0.05, 0.1) is 6.10 Å². The molecule has 0 heterocycles. The van der Waals surface area contributed by atoms with Crippen LogP contribution in [0, 0.1) is 10.8 Å². The molecule has 1 aromatic rings. The van der Waals surface area contributed by atoms with Crippen LogP contribution in [0.15, 0.2) is 29.8 Å². The van der Waals surface area contributed by atoms with E-state index in [4.69, 9.17) is 4.74 Å². The SMILES string of the molecule is CCO[C@@H]1C2=C(Cc3ccccc32)C(C)(C)CC1(C)C. The van der Waals surface area contributed by atoms with Crippen LogP contribution in [0.5, 0.6) is 0 Å². The molecule has 2 aliphatic rings. The van der Waals surface area contributed by atoms with E-state index < -0.39 is 0 Å². The summed E-state index contributed by atoms with van der Waals surface area (Å²) in [5.74, 6) is 0. The number of benzene rings is 1. The molecule has 0 fully saturated rings. The molecule has 0 aromatic heterocycles. The molecular weight excluding hydrogens is 244 g/mol. The number of fused-ring (bicyclic) bond motifs is 2. The van der Waals surface area contributed by atoms with Crippen molar-refractivity contribution in [3.05, 3.63) is 41.0 Å². The highest BCUT2D eigenvalue weighted by Crippen LogP contribution is 2.56. The molecule has 0 unspecified atom stereocenters. The molecule has 1 nitrogen and oxygen atoms in total. The van der Waals surface area contributed by atoms with Crippen LogP contribution >= 0.6 is 0 Å². The van der Waals surface area contributed by atoms with Gasteiger partial charge in [-0.25, -0.2) is 0 Å². The Morgan fingerprint density at radius 1 is 1.15 bits per heavy atom. The van der Waals surface area contributed by atoms with Gasteiger partial charge in [-0.15, -0.1) is 0 Å². The van der Waals surface area contributed by atoms with Gasteiger partial charge in [0.15, 0.2) is 0 Å². The maximum atomic E-state index is 6.20. The van der Waals surface area contributed by atoms with Crippen LogP contribution in [0.1, 0.15) is 52.2 Å². The third-order valence-corrected chi connectivity index (χ3v) is 5.02. The fourth-order valence-electron chi connectivity index (χ4n) is 4.49. The average Bonchev–Trinajstić information content (AvgIpc) is 2.73.